The third-order valence-corrected chi connectivity index (χ3v) is 5.11. The highest BCUT2D eigenvalue weighted by Crippen LogP contribution is 2.30. The van der Waals surface area contributed by atoms with Gasteiger partial charge in [-0.3, -0.25) is 14.7 Å². The number of halogens is 3. The molecule has 0 aliphatic carbocycles. The first-order valence-corrected chi connectivity index (χ1v) is 10.1. The van der Waals surface area contributed by atoms with Crippen LogP contribution in [0.2, 0.25) is 0 Å². The normalized spacial score (nSPS) is 11.9. The van der Waals surface area contributed by atoms with Gasteiger partial charge in [-0.05, 0) is 48.2 Å². The summed E-state index contributed by atoms with van der Waals surface area (Å²) in [6.07, 6.45) is 1.71. The van der Waals surface area contributed by atoms with Crippen molar-refractivity contribution in [2.45, 2.75) is 25.7 Å². The molecule has 0 spiro atoms. The number of benzene rings is 2. The fourth-order valence-corrected chi connectivity index (χ4v) is 3.55. The molecule has 0 bridgehead atoms. The minimum absolute atomic E-state index is 0.142. The number of rotatable bonds is 8. The second-order valence-electron chi connectivity index (χ2n) is 7.32. The maximum absolute atomic E-state index is 13.9. The molecule has 32 heavy (non-hydrogen) atoms. The van der Waals surface area contributed by atoms with Crippen molar-refractivity contribution in [2.75, 3.05) is 13.1 Å². The van der Waals surface area contributed by atoms with Gasteiger partial charge in [0.1, 0.15) is 5.82 Å². The molecular weight excluding hydrogens is 423 g/mol. The first-order valence-electron chi connectivity index (χ1n) is 10.1. The first-order chi connectivity index (χ1) is 15.3. The van der Waals surface area contributed by atoms with Crippen LogP contribution < -0.4 is 5.43 Å². The summed E-state index contributed by atoms with van der Waals surface area (Å²) in [4.78, 5) is 26.0. The lowest BCUT2D eigenvalue weighted by Crippen LogP contribution is -2.35. The zero-order valence-corrected chi connectivity index (χ0v) is 17.3. The molecule has 1 atom stereocenters. The van der Waals surface area contributed by atoms with E-state index >= 15 is 0 Å². The summed E-state index contributed by atoms with van der Waals surface area (Å²) in [5.74, 6) is -4.39. The molecule has 1 aromatic heterocycles. The van der Waals surface area contributed by atoms with Crippen molar-refractivity contribution in [2.24, 2.45) is 0 Å². The standard InChI is InChI=1S/C23H22F3N3O3/c1-2-9-29(23(32)21-22(31)20(30)13-27-28-21)10-8-17(14-4-3-5-16(24)11-14)15-6-7-18(25)19(26)12-15/h3-7,11-13,17H,2,8-10H2,1H3,(H,27,31)(H,28,30). The molecule has 0 fully saturated rings. The molecule has 1 amide bonds. The predicted octanol–water partition coefficient (Wildman–Crippen LogP) is 3.97. The van der Waals surface area contributed by atoms with E-state index in [1.54, 1.807) is 6.07 Å². The van der Waals surface area contributed by atoms with Crippen LogP contribution in [-0.2, 0) is 0 Å². The minimum Gasteiger partial charge on any atom is -0.502 e. The third kappa shape index (κ3) is 5.16. The fourth-order valence-electron chi connectivity index (χ4n) is 3.55. The largest absolute Gasteiger partial charge is 0.502 e. The topological polar surface area (TPSA) is 86.3 Å². The third-order valence-electron chi connectivity index (χ3n) is 5.11. The van der Waals surface area contributed by atoms with Gasteiger partial charge in [0.25, 0.3) is 5.91 Å². The Kier molecular flexibility index (Phi) is 7.29. The quantitative estimate of drug-likeness (QED) is 0.550. The molecule has 2 aromatic carbocycles. The number of aromatic nitrogens is 2. The van der Waals surface area contributed by atoms with Gasteiger partial charge in [-0.1, -0.05) is 25.1 Å². The van der Waals surface area contributed by atoms with E-state index in [4.69, 9.17) is 0 Å². The number of aromatic amines is 1. The monoisotopic (exact) mass is 445 g/mol. The lowest BCUT2D eigenvalue weighted by molar-refractivity contribution is 0.0741. The van der Waals surface area contributed by atoms with Crippen LogP contribution in [0.25, 0.3) is 0 Å². The van der Waals surface area contributed by atoms with Crippen LogP contribution in [-0.4, -0.2) is 39.2 Å². The van der Waals surface area contributed by atoms with Crippen LogP contribution in [0, 0.1) is 17.5 Å². The Balaban J connectivity index is 1.91. The highest BCUT2D eigenvalue weighted by atomic mass is 19.2. The highest BCUT2D eigenvalue weighted by molar-refractivity contribution is 5.94. The Hall–Kier alpha value is -3.62. The summed E-state index contributed by atoms with van der Waals surface area (Å²) < 4.78 is 41.2. The van der Waals surface area contributed by atoms with Crippen LogP contribution in [0.15, 0.2) is 53.5 Å². The van der Waals surface area contributed by atoms with E-state index in [1.807, 2.05) is 6.92 Å². The van der Waals surface area contributed by atoms with Crippen LogP contribution in [0.3, 0.4) is 0 Å². The van der Waals surface area contributed by atoms with Gasteiger partial charge in [0.2, 0.25) is 5.43 Å². The lowest BCUT2D eigenvalue weighted by Gasteiger charge is -2.26. The van der Waals surface area contributed by atoms with Gasteiger partial charge in [-0.25, -0.2) is 13.2 Å². The number of hydrogen-bond acceptors (Lipinski definition) is 4. The van der Waals surface area contributed by atoms with Crippen molar-refractivity contribution in [3.63, 3.8) is 0 Å². The summed E-state index contributed by atoms with van der Waals surface area (Å²) in [6, 6.07) is 9.26. The molecule has 1 unspecified atom stereocenters. The Bertz CT molecular complexity index is 1170. The fraction of sp³-hybridized carbons (Fsp3) is 0.261. The molecule has 6 nitrogen and oxygen atoms in total. The van der Waals surface area contributed by atoms with E-state index in [0.29, 0.717) is 24.1 Å². The van der Waals surface area contributed by atoms with Crippen molar-refractivity contribution < 1.29 is 23.1 Å². The molecule has 9 heteroatoms. The zero-order chi connectivity index (χ0) is 23.3. The molecule has 0 radical (unpaired) electrons. The van der Waals surface area contributed by atoms with Gasteiger partial charge in [-0.15, -0.1) is 0 Å². The molecular formula is C23H22F3N3O3. The summed E-state index contributed by atoms with van der Waals surface area (Å²) in [7, 11) is 0. The maximum atomic E-state index is 13.9. The summed E-state index contributed by atoms with van der Waals surface area (Å²) in [5, 5.41) is 15.9. The second kappa shape index (κ2) is 10.1. The van der Waals surface area contributed by atoms with Crippen LogP contribution >= 0.6 is 0 Å². The van der Waals surface area contributed by atoms with Crippen molar-refractivity contribution in [3.8, 4) is 5.75 Å². The van der Waals surface area contributed by atoms with Crippen LogP contribution in [0.4, 0.5) is 13.2 Å². The van der Waals surface area contributed by atoms with E-state index in [9.17, 15) is 27.9 Å². The molecule has 2 N–H and O–H groups in total. The highest BCUT2D eigenvalue weighted by Gasteiger charge is 2.24. The molecule has 0 aliphatic heterocycles. The van der Waals surface area contributed by atoms with Crippen molar-refractivity contribution in [1.29, 1.82) is 0 Å². The minimum atomic E-state index is -1.02. The summed E-state index contributed by atoms with van der Waals surface area (Å²) >= 11 is 0. The van der Waals surface area contributed by atoms with Crippen molar-refractivity contribution in [1.82, 2.24) is 15.1 Å². The van der Waals surface area contributed by atoms with Gasteiger partial charge < -0.3 is 10.0 Å². The Labute approximate surface area is 182 Å². The van der Waals surface area contributed by atoms with Crippen LogP contribution in [0.1, 0.15) is 47.3 Å². The number of amides is 1. The SMILES string of the molecule is CCCN(CCC(c1cccc(F)c1)c1ccc(F)c(F)c1)C(=O)c1[nH]ncc(=O)c1O. The smallest absolute Gasteiger partial charge is 0.275 e. The second-order valence-corrected chi connectivity index (χ2v) is 7.32. The van der Waals surface area contributed by atoms with Crippen LogP contribution in [0.5, 0.6) is 5.75 Å². The number of nitrogens with one attached hydrogen (secondary N) is 1. The predicted molar refractivity (Wildman–Crippen MR) is 112 cm³/mol. The molecule has 3 rings (SSSR count). The Morgan fingerprint density at radius 2 is 1.84 bits per heavy atom. The molecule has 0 saturated heterocycles. The van der Waals surface area contributed by atoms with Crippen molar-refractivity contribution >= 4 is 5.91 Å². The van der Waals surface area contributed by atoms with Gasteiger partial charge >= 0.3 is 0 Å². The molecule has 0 saturated carbocycles. The first kappa shape index (κ1) is 23.1. The number of H-pyrrole nitrogens is 1. The molecule has 3 aromatic rings. The van der Waals surface area contributed by atoms with E-state index in [2.05, 4.69) is 10.2 Å². The summed E-state index contributed by atoms with van der Waals surface area (Å²) in [6.45, 7) is 2.30. The zero-order valence-electron chi connectivity index (χ0n) is 17.3. The number of carbonyl (C=O) groups is 1. The average Bonchev–Trinajstić information content (AvgIpc) is 2.77. The van der Waals surface area contributed by atoms with Gasteiger partial charge in [0, 0.05) is 19.0 Å². The Morgan fingerprint density at radius 3 is 2.53 bits per heavy atom. The Morgan fingerprint density at radius 1 is 1.09 bits per heavy atom. The van der Waals surface area contributed by atoms with Gasteiger partial charge in [-0.2, -0.15) is 5.10 Å². The maximum Gasteiger partial charge on any atom is 0.275 e. The lowest BCUT2D eigenvalue weighted by atomic mass is 9.88. The van der Waals surface area contributed by atoms with E-state index in [0.717, 1.165) is 18.3 Å². The van der Waals surface area contributed by atoms with Gasteiger partial charge in [0.15, 0.2) is 23.1 Å². The number of carbonyl (C=O) groups excluding carboxylic acids is 1. The van der Waals surface area contributed by atoms with Crippen molar-refractivity contribution in [3.05, 3.63) is 93.2 Å². The van der Waals surface area contributed by atoms with Gasteiger partial charge in [0.05, 0.1) is 6.20 Å². The molecule has 0 aliphatic rings. The number of hydrogen-bond donors (Lipinski definition) is 2. The molecule has 168 valence electrons. The van der Waals surface area contributed by atoms with E-state index < -0.39 is 40.5 Å². The summed E-state index contributed by atoms with van der Waals surface area (Å²) in [5.41, 5.74) is -0.155. The molecule has 1 heterocycles. The number of nitrogens with zero attached hydrogens (tertiary/aromatic N) is 2. The van der Waals surface area contributed by atoms with E-state index in [1.165, 1.54) is 29.2 Å². The van der Waals surface area contributed by atoms with E-state index in [-0.39, 0.29) is 18.7 Å². The average molecular weight is 445 g/mol. The number of aromatic hydroxyl groups is 1.